The maximum Gasteiger partial charge on any atom is 0.126 e. The Morgan fingerprint density at radius 2 is 1.84 bits per heavy atom. The average Bonchev–Trinajstić information content (AvgIpc) is 2.71. The van der Waals surface area contributed by atoms with E-state index in [-0.39, 0.29) is 0 Å². The van der Waals surface area contributed by atoms with Gasteiger partial charge in [0.1, 0.15) is 11.5 Å². The van der Waals surface area contributed by atoms with Crippen molar-refractivity contribution >= 4 is 0 Å². The molecule has 1 aliphatic rings. The first kappa shape index (κ1) is 14.2. The lowest BCUT2D eigenvalue weighted by molar-refractivity contribution is 0.375. The van der Waals surface area contributed by atoms with Gasteiger partial charge in [0, 0.05) is 18.0 Å². The molecule has 2 rings (SSSR count). The Labute approximate surface area is 116 Å². The molecule has 3 heteroatoms. The van der Waals surface area contributed by atoms with Gasteiger partial charge in [0.05, 0.1) is 14.2 Å². The first-order valence-corrected chi connectivity index (χ1v) is 7.19. The van der Waals surface area contributed by atoms with Gasteiger partial charge < -0.3 is 14.8 Å². The van der Waals surface area contributed by atoms with Crippen LogP contribution in [-0.2, 0) is 0 Å². The molecule has 0 radical (unpaired) electrons. The maximum atomic E-state index is 5.57. The molecule has 0 bridgehead atoms. The molecular formula is C16H25NO2. The third kappa shape index (κ3) is 3.21. The third-order valence-corrected chi connectivity index (χ3v) is 4.23. The van der Waals surface area contributed by atoms with Gasteiger partial charge in [-0.15, -0.1) is 0 Å². The minimum absolute atomic E-state index is 0.536. The molecule has 0 saturated heterocycles. The fourth-order valence-electron chi connectivity index (χ4n) is 3.15. The fourth-order valence-corrected chi connectivity index (χ4v) is 3.15. The summed E-state index contributed by atoms with van der Waals surface area (Å²) in [5, 5.41) is 3.49. The number of benzene rings is 1. The number of hydrogen-bond donors (Lipinski definition) is 1. The Morgan fingerprint density at radius 1 is 1.05 bits per heavy atom. The zero-order valence-corrected chi connectivity index (χ0v) is 12.2. The van der Waals surface area contributed by atoms with Crippen LogP contribution < -0.4 is 14.8 Å². The van der Waals surface area contributed by atoms with Crippen LogP contribution in [-0.4, -0.2) is 27.3 Å². The lowest BCUT2D eigenvalue weighted by Gasteiger charge is -2.26. The van der Waals surface area contributed by atoms with E-state index in [4.69, 9.17) is 9.47 Å². The van der Waals surface area contributed by atoms with Crippen molar-refractivity contribution in [2.45, 2.75) is 44.1 Å². The SMILES string of the molecule is CNC1CCCCCC1c1ccc(OC)cc1OC. The minimum Gasteiger partial charge on any atom is -0.497 e. The van der Waals surface area contributed by atoms with Crippen LogP contribution in [0.5, 0.6) is 11.5 Å². The van der Waals surface area contributed by atoms with E-state index in [2.05, 4.69) is 18.4 Å². The van der Waals surface area contributed by atoms with Crippen molar-refractivity contribution in [1.82, 2.24) is 5.32 Å². The molecule has 0 aromatic heterocycles. The lowest BCUT2D eigenvalue weighted by Crippen LogP contribution is -2.31. The quantitative estimate of drug-likeness (QED) is 0.845. The van der Waals surface area contributed by atoms with E-state index < -0.39 is 0 Å². The van der Waals surface area contributed by atoms with Crippen LogP contribution >= 0.6 is 0 Å². The third-order valence-electron chi connectivity index (χ3n) is 4.23. The number of methoxy groups -OCH3 is 2. The van der Waals surface area contributed by atoms with Gasteiger partial charge in [-0.2, -0.15) is 0 Å². The molecule has 3 nitrogen and oxygen atoms in total. The molecule has 2 unspecified atom stereocenters. The van der Waals surface area contributed by atoms with Crippen LogP contribution in [0.1, 0.15) is 43.6 Å². The van der Waals surface area contributed by atoms with Gasteiger partial charge in [-0.3, -0.25) is 0 Å². The maximum absolute atomic E-state index is 5.57. The van der Waals surface area contributed by atoms with Crippen molar-refractivity contribution in [3.05, 3.63) is 23.8 Å². The predicted molar refractivity (Wildman–Crippen MR) is 78.2 cm³/mol. The summed E-state index contributed by atoms with van der Waals surface area (Å²) in [6.07, 6.45) is 6.44. The van der Waals surface area contributed by atoms with E-state index in [0.29, 0.717) is 12.0 Å². The molecule has 0 heterocycles. The van der Waals surface area contributed by atoms with Crippen molar-refractivity contribution in [2.24, 2.45) is 0 Å². The van der Waals surface area contributed by atoms with Crippen LogP contribution in [0.25, 0.3) is 0 Å². The Morgan fingerprint density at radius 3 is 2.53 bits per heavy atom. The van der Waals surface area contributed by atoms with Crippen molar-refractivity contribution < 1.29 is 9.47 Å². The van der Waals surface area contributed by atoms with Crippen LogP contribution in [0.15, 0.2) is 18.2 Å². The summed E-state index contributed by atoms with van der Waals surface area (Å²) in [6.45, 7) is 0. The summed E-state index contributed by atoms with van der Waals surface area (Å²) in [5.74, 6) is 2.34. The Kier molecular flexibility index (Phi) is 5.08. The highest BCUT2D eigenvalue weighted by molar-refractivity contribution is 5.43. The molecule has 1 saturated carbocycles. The zero-order chi connectivity index (χ0) is 13.7. The molecule has 0 amide bonds. The van der Waals surface area contributed by atoms with Gasteiger partial charge in [-0.25, -0.2) is 0 Å². The van der Waals surface area contributed by atoms with Crippen LogP contribution in [0.3, 0.4) is 0 Å². The molecule has 2 atom stereocenters. The van der Waals surface area contributed by atoms with Gasteiger partial charge in [0.2, 0.25) is 0 Å². The number of ether oxygens (including phenoxy) is 2. The van der Waals surface area contributed by atoms with Crippen molar-refractivity contribution in [1.29, 1.82) is 0 Å². The van der Waals surface area contributed by atoms with Gasteiger partial charge in [0.15, 0.2) is 0 Å². The number of hydrogen-bond acceptors (Lipinski definition) is 3. The predicted octanol–water partition coefficient (Wildman–Crippen LogP) is 3.34. The van der Waals surface area contributed by atoms with Crippen molar-refractivity contribution in [3.8, 4) is 11.5 Å². The first-order valence-electron chi connectivity index (χ1n) is 7.19. The van der Waals surface area contributed by atoms with Gasteiger partial charge in [0.25, 0.3) is 0 Å². The lowest BCUT2D eigenvalue weighted by atomic mass is 9.87. The molecule has 1 N–H and O–H groups in total. The van der Waals surface area contributed by atoms with E-state index in [1.165, 1.54) is 37.7 Å². The molecule has 106 valence electrons. The standard InChI is InChI=1S/C16H25NO2/c1-17-15-8-6-4-5-7-13(15)14-10-9-12(18-2)11-16(14)19-3/h9-11,13,15,17H,4-8H2,1-3H3. The van der Waals surface area contributed by atoms with Gasteiger partial charge >= 0.3 is 0 Å². The molecule has 19 heavy (non-hydrogen) atoms. The average molecular weight is 263 g/mol. The Bertz CT molecular complexity index is 406. The highest BCUT2D eigenvalue weighted by Gasteiger charge is 2.26. The van der Waals surface area contributed by atoms with E-state index >= 15 is 0 Å². The summed E-state index contributed by atoms with van der Waals surface area (Å²) in [5.41, 5.74) is 1.31. The largest absolute Gasteiger partial charge is 0.497 e. The second-order valence-electron chi connectivity index (χ2n) is 5.25. The van der Waals surface area contributed by atoms with Crippen molar-refractivity contribution in [3.63, 3.8) is 0 Å². The molecule has 1 aromatic rings. The highest BCUT2D eigenvalue weighted by atomic mass is 16.5. The normalized spacial score (nSPS) is 23.7. The van der Waals surface area contributed by atoms with Crippen LogP contribution in [0.2, 0.25) is 0 Å². The summed E-state index contributed by atoms with van der Waals surface area (Å²) < 4.78 is 10.8. The molecule has 1 aliphatic carbocycles. The number of nitrogens with one attached hydrogen (secondary N) is 1. The first-order chi connectivity index (χ1) is 9.30. The fraction of sp³-hybridized carbons (Fsp3) is 0.625. The molecule has 1 fully saturated rings. The van der Waals surface area contributed by atoms with E-state index in [0.717, 1.165) is 11.5 Å². The molecule has 0 aliphatic heterocycles. The molecule has 1 aromatic carbocycles. The Hall–Kier alpha value is -1.22. The summed E-state index contributed by atoms with van der Waals surface area (Å²) in [4.78, 5) is 0. The summed E-state index contributed by atoms with van der Waals surface area (Å²) in [6, 6.07) is 6.74. The van der Waals surface area contributed by atoms with Gasteiger partial charge in [-0.05, 0) is 31.5 Å². The van der Waals surface area contributed by atoms with Crippen LogP contribution in [0, 0.1) is 0 Å². The van der Waals surface area contributed by atoms with E-state index in [9.17, 15) is 0 Å². The van der Waals surface area contributed by atoms with Crippen molar-refractivity contribution in [2.75, 3.05) is 21.3 Å². The summed E-state index contributed by atoms with van der Waals surface area (Å²) >= 11 is 0. The Balaban J connectivity index is 2.31. The second kappa shape index (κ2) is 6.80. The monoisotopic (exact) mass is 263 g/mol. The van der Waals surface area contributed by atoms with Crippen LogP contribution in [0.4, 0.5) is 0 Å². The van der Waals surface area contributed by atoms with E-state index in [1.807, 2.05) is 12.1 Å². The number of likely N-dealkylation sites (N-methyl/N-ethyl adjacent to an activating group) is 1. The highest BCUT2D eigenvalue weighted by Crippen LogP contribution is 2.38. The second-order valence-corrected chi connectivity index (χ2v) is 5.25. The minimum atomic E-state index is 0.536. The topological polar surface area (TPSA) is 30.5 Å². The smallest absolute Gasteiger partial charge is 0.126 e. The van der Waals surface area contributed by atoms with Gasteiger partial charge in [-0.1, -0.05) is 25.3 Å². The zero-order valence-electron chi connectivity index (χ0n) is 12.2. The molecular weight excluding hydrogens is 238 g/mol. The molecule has 0 spiro atoms. The van der Waals surface area contributed by atoms with E-state index in [1.54, 1.807) is 14.2 Å². The summed E-state index contributed by atoms with van der Waals surface area (Å²) in [7, 11) is 5.50. The number of rotatable bonds is 4.